The van der Waals surface area contributed by atoms with Crippen LogP contribution in [0.1, 0.15) is 20.1 Å². The van der Waals surface area contributed by atoms with Gasteiger partial charge in [0.25, 0.3) is 0 Å². The largest absolute Gasteiger partial charge is 0.442 e. The highest BCUT2D eigenvalue weighted by Gasteiger charge is 2.15. The number of fused-ring (bicyclic) bond motifs is 1. The number of esters is 1. The van der Waals surface area contributed by atoms with E-state index in [9.17, 15) is 4.79 Å². The maximum Gasteiger partial charge on any atom is 0.304 e. The quantitative estimate of drug-likeness (QED) is 0.639. The number of hydrogen-bond acceptors (Lipinski definition) is 6. The van der Waals surface area contributed by atoms with Crippen molar-refractivity contribution in [2.75, 3.05) is 5.73 Å². The van der Waals surface area contributed by atoms with Crippen molar-refractivity contribution in [3.63, 3.8) is 0 Å². The molecule has 2 aromatic rings. The van der Waals surface area contributed by atoms with Crippen molar-refractivity contribution >= 4 is 34.7 Å². The van der Waals surface area contributed by atoms with Crippen LogP contribution in [-0.4, -0.2) is 25.5 Å². The highest BCUT2D eigenvalue weighted by molar-refractivity contribution is 6.33. The molecule has 2 aromatic heterocycles. The molecule has 0 aliphatic carbocycles. The molecular formula is C9H10ClN5O2. The number of carbonyl (C=O) groups is 1. The Labute approximate surface area is 102 Å². The lowest BCUT2D eigenvalue weighted by Gasteiger charge is -2.13. The monoisotopic (exact) mass is 255 g/mol. The highest BCUT2D eigenvalue weighted by Crippen LogP contribution is 2.22. The van der Waals surface area contributed by atoms with Crippen molar-refractivity contribution in [3.8, 4) is 0 Å². The molecule has 2 rings (SSSR count). The van der Waals surface area contributed by atoms with Crippen molar-refractivity contribution in [2.45, 2.75) is 20.1 Å². The molecule has 2 N–H and O–H groups in total. The van der Waals surface area contributed by atoms with Crippen molar-refractivity contribution in [3.05, 3.63) is 11.5 Å². The second-order valence-corrected chi connectivity index (χ2v) is 3.76. The van der Waals surface area contributed by atoms with Crippen molar-refractivity contribution < 1.29 is 9.53 Å². The van der Waals surface area contributed by atoms with Crippen LogP contribution in [0.15, 0.2) is 6.33 Å². The summed E-state index contributed by atoms with van der Waals surface area (Å²) >= 11 is 5.87. The molecule has 8 heteroatoms. The van der Waals surface area contributed by atoms with Gasteiger partial charge in [0.15, 0.2) is 17.0 Å². The van der Waals surface area contributed by atoms with Gasteiger partial charge in [0.2, 0.25) is 5.95 Å². The van der Waals surface area contributed by atoms with Crippen LogP contribution in [0.25, 0.3) is 11.2 Å². The minimum absolute atomic E-state index is 0.0410. The van der Waals surface area contributed by atoms with Gasteiger partial charge in [-0.25, -0.2) is 4.98 Å². The Morgan fingerprint density at radius 1 is 1.59 bits per heavy atom. The van der Waals surface area contributed by atoms with Crippen molar-refractivity contribution in [1.82, 2.24) is 19.5 Å². The molecule has 0 saturated carbocycles. The zero-order valence-corrected chi connectivity index (χ0v) is 9.97. The fourth-order valence-electron chi connectivity index (χ4n) is 1.46. The van der Waals surface area contributed by atoms with Crippen LogP contribution in [0.5, 0.6) is 0 Å². The van der Waals surface area contributed by atoms with E-state index in [1.54, 1.807) is 11.5 Å². The first-order valence-electron chi connectivity index (χ1n) is 4.82. The molecule has 0 aliphatic heterocycles. The van der Waals surface area contributed by atoms with E-state index in [1.807, 2.05) is 0 Å². The highest BCUT2D eigenvalue weighted by atomic mass is 35.5. The van der Waals surface area contributed by atoms with Gasteiger partial charge in [0, 0.05) is 6.92 Å². The Morgan fingerprint density at radius 2 is 2.29 bits per heavy atom. The summed E-state index contributed by atoms with van der Waals surface area (Å²) in [4.78, 5) is 22.7. The van der Waals surface area contributed by atoms with Gasteiger partial charge in [0.1, 0.15) is 11.8 Å². The Morgan fingerprint density at radius 3 is 2.94 bits per heavy atom. The Kier molecular flexibility index (Phi) is 2.84. The van der Waals surface area contributed by atoms with Crippen LogP contribution in [0.4, 0.5) is 5.95 Å². The number of anilines is 1. The zero-order chi connectivity index (χ0) is 12.6. The Balaban J connectivity index is 2.52. The van der Waals surface area contributed by atoms with E-state index in [0.29, 0.717) is 11.2 Å². The molecule has 17 heavy (non-hydrogen) atoms. The van der Waals surface area contributed by atoms with E-state index < -0.39 is 12.2 Å². The predicted octanol–water partition coefficient (Wildman–Crippen LogP) is 1.14. The summed E-state index contributed by atoms with van der Waals surface area (Å²) in [5, 5.41) is 0.168. The fraction of sp³-hybridized carbons (Fsp3) is 0.333. The van der Waals surface area contributed by atoms with Crippen LogP contribution in [0.3, 0.4) is 0 Å². The van der Waals surface area contributed by atoms with Gasteiger partial charge < -0.3 is 10.5 Å². The molecule has 0 fully saturated rings. The van der Waals surface area contributed by atoms with E-state index in [4.69, 9.17) is 22.1 Å². The number of carbonyl (C=O) groups excluding carboxylic acids is 1. The smallest absolute Gasteiger partial charge is 0.304 e. The molecule has 1 atom stereocenters. The maximum absolute atomic E-state index is 10.9. The van der Waals surface area contributed by atoms with Crippen LogP contribution >= 0.6 is 11.6 Å². The Bertz CT molecular complexity index is 582. The van der Waals surface area contributed by atoms with Gasteiger partial charge in [-0.1, -0.05) is 11.6 Å². The van der Waals surface area contributed by atoms with Crippen molar-refractivity contribution in [2.24, 2.45) is 0 Å². The average molecular weight is 256 g/mol. The number of halogens is 1. The van der Waals surface area contributed by atoms with E-state index >= 15 is 0 Å². The number of ether oxygens (including phenoxy) is 1. The van der Waals surface area contributed by atoms with Gasteiger partial charge in [0.05, 0.1) is 0 Å². The standard InChI is InChI=1S/C9H10ClN5O2/c1-4(17-5(2)16)15-3-12-6-7(10)13-9(11)14-8(6)15/h3-4H,1-2H3,(H2,11,13,14)/t4-/m0/s1. The number of aromatic nitrogens is 4. The fourth-order valence-corrected chi connectivity index (χ4v) is 1.68. The molecule has 7 nitrogen and oxygen atoms in total. The third kappa shape index (κ3) is 2.14. The molecule has 0 saturated heterocycles. The van der Waals surface area contributed by atoms with Gasteiger partial charge in [-0.05, 0) is 6.92 Å². The summed E-state index contributed by atoms with van der Waals surface area (Å²) < 4.78 is 6.58. The molecule has 0 unspecified atom stereocenters. The molecule has 90 valence electrons. The first-order chi connectivity index (χ1) is 7.99. The SMILES string of the molecule is CC(=O)O[C@@H](C)n1cnc2c(Cl)nc(N)nc21. The number of nitrogen functional groups attached to an aromatic ring is 1. The maximum atomic E-state index is 10.9. The summed E-state index contributed by atoms with van der Waals surface area (Å²) in [7, 11) is 0. The normalized spacial score (nSPS) is 12.6. The van der Waals surface area contributed by atoms with E-state index in [-0.39, 0.29) is 11.1 Å². The van der Waals surface area contributed by atoms with Gasteiger partial charge in [-0.3, -0.25) is 9.36 Å². The lowest BCUT2D eigenvalue weighted by atomic mass is 10.5. The summed E-state index contributed by atoms with van der Waals surface area (Å²) in [5.74, 6) is -0.355. The lowest BCUT2D eigenvalue weighted by molar-refractivity contribution is -0.149. The van der Waals surface area contributed by atoms with Crippen LogP contribution < -0.4 is 5.73 Å². The third-order valence-electron chi connectivity index (χ3n) is 2.12. The first-order valence-corrected chi connectivity index (χ1v) is 5.19. The summed E-state index contributed by atoms with van der Waals surface area (Å²) in [6.45, 7) is 3.01. The molecule has 0 aromatic carbocycles. The van der Waals surface area contributed by atoms with Crippen LogP contribution in [0, 0.1) is 0 Å². The zero-order valence-electron chi connectivity index (χ0n) is 9.22. The summed E-state index contributed by atoms with van der Waals surface area (Å²) in [6, 6.07) is 0. The molecule has 0 spiro atoms. The third-order valence-corrected chi connectivity index (χ3v) is 2.39. The molecular weight excluding hydrogens is 246 g/mol. The van der Waals surface area contributed by atoms with Crippen molar-refractivity contribution in [1.29, 1.82) is 0 Å². The summed E-state index contributed by atoms with van der Waals surface area (Å²) in [6.07, 6.45) is 0.931. The van der Waals surface area contributed by atoms with Gasteiger partial charge in [-0.2, -0.15) is 9.97 Å². The van der Waals surface area contributed by atoms with Crippen LogP contribution in [-0.2, 0) is 9.53 Å². The number of hydrogen-bond donors (Lipinski definition) is 1. The molecule has 0 bridgehead atoms. The van der Waals surface area contributed by atoms with Gasteiger partial charge >= 0.3 is 5.97 Å². The second kappa shape index (κ2) is 4.17. The molecule has 0 radical (unpaired) electrons. The number of imidazole rings is 1. The summed E-state index contributed by atoms with van der Waals surface area (Å²) in [5.41, 5.74) is 6.34. The van der Waals surface area contributed by atoms with E-state index in [0.717, 1.165) is 0 Å². The van der Waals surface area contributed by atoms with Gasteiger partial charge in [-0.15, -0.1) is 0 Å². The predicted molar refractivity (Wildman–Crippen MR) is 61.2 cm³/mol. The van der Waals surface area contributed by atoms with E-state index in [1.165, 1.54) is 13.3 Å². The first kappa shape index (κ1) is 11.6. The molecule has 0 aliphatic rings. The second-order valence-electron chi connectivity index (χ2n) is 3.41. The topological polar surface area (TPSA) is 95.9 Å². The average Bonchev–Trinajstić information content (AvgIpc) is 2.59. The minimum Gasteiger partial charge on any atom is -0.442 e. The van der Waals surface area contributed by atoms with Crippen LogP contribution in [0.2, 0.25) is 5.15 Å². The number of rotatable bonds is 2. The number of nitrogens with zero attached hydrogens (tertiary/aromatic N) is 4. The lowest BCUT2D eigenvalue weighted by Crippen LogP contribution is -2.12. The molecule has 2 heterocycles. The Hall–Kier alpha value is -1.89. The number of nitrogens with two attached hydrogens (primary N) is 1. The minimum atomic E-state index is -0.539. The molecule has 0 amide bonds. The van der Waals surface area contributed by atoms with E-state index in [2.05, 4.69) is 15.0 Å².